The topological polar surface area (TPSA) is 47.0 Å². The van der Waals surface area contributed by atoms with Gasteiger partial charge < -0.3 is 10.1 Å². The maximum atomic E-state index is 5.65. The molecule has 0 spiro atoms. The Morgan fingerprint density at radius 2 is 2.00 bits per heavy atom. The predicted molar refractivity (Wildman–Crippen MR) is 86.8 cm³/mol. The maximum Gasteiger partial charge on any atom is 0.226 e. The van der Waals surface area contributed by atoms with Gasteiger partial charge in [-0.3, -0.25) is 0 Å². The lowest BCUT2D eigenvalue weighted by molar-refractivity contribution is 0.302. The monoisotopic (exact) mass is 291 g/mol. The molecule has 1 aliphatic carbocycles. The lowest BCUT2D eigenvalue weighted by Gasteiger charge is -2.30. The molecule has 1 fully saturated rings. The molecule has 0 saturated heterocycles. The van der Waals surface area contributed by atoms with Gasteiger partial charge in [-0.2, -0.15) is 4.98 Å². The zero-order valence-corrected chi connectivity index (χ0v) is 13.7. The van der Waals surface area contributed by atoms with Crippen LogP contribution in [0.2, 0.25) is 0 Å². The summed E-state index contributed by atoms with van der Waals surface area (Å²) in [6, 6.07) is 2.38. The van der Waals surface area contributed by atoms with Crippen molar-refractivity contribution in [3.05, 3.63) is 11.8 Å². The van der Waals surface area contributed by atoms with Gasteiger partial charge >= 0.3 is 0 Å². The summed E-state index contributed by atoms with van der Waals surface area (Å²) in [6.07, 6.45) is 8.89. The summed E-state index contributed by atoms with van der Waals surface area (Å²) in [5, 5.41) is 3.55. The summed E-state index contributed by atoms with van der Waals surface area (Å²) < 4.78 is 5.65. The van der Waals surface area contributed by atoms with Gasteiger partial charge in [-0.05, 0) is 38.5 Å². The van der Waals surface area contributed by atoms with Crippen molar-refractivity contribution in [1.29, 1.82) is 0 Å². The Morgan fingerprint density at radius 3 is 2.67 bits per heavy atom. The minimum Gasteiger partial charge on any atom is -0.478 e. The number of rotatable bonds is 7. The molecule has 1 aromatic rings. The third-order valence-electron chi connectivity index (χ3n) is 4.26. The predicted octanol–water partition coefficient (Wildman–Crippen LogP) is 4.34. The number of ether oxygens (including phenoxy) is 1. The van der Waals surface area contributed by atoms with Crippen molar-refractivity contribution in [2.75, 3.05) is 11.9 Å². The Balaban J connectivity index is 2.03. The molecule has 2 rings (SSSR count). The number of nitrogens with zero attached hydrogens (tertiary/aromatic N) is 2. The summed E-state index contributed by atoms with van der Waals surface area (Å²) in [5.74, 6) is 2.16. The molecule has 0 radical (unpaired) electrons. The standard InChI is InChI=1S/C17H29N3O/c1-4-11-21-16-12-13(3)18-17(20-16)19-15(5-2)14-9-7-6-8-10-14/h12,14-15H,4-11H2,1-3H3,(H,18,19,20). The van der Waals surface area contributed by atoms with E-state index in [0.717, 1.165) is 30.4 Å². The molecule has 1 aromatic heterocycles. The van der Waals surface area contributed by atoms with E-state index in [1.54, 1.807) is 0 Å². The van der Waals surface area contributed by atoms with E-state index in [1.165, 1.54) is 32.1 Å². The van der Waals surface area contributed by atoms with Crippen molar-refractivity contribution in [2.24, 2.45) is 5.92 Å². The fraction of sp³-hybridized carbons (Fsp3) is 0.765. The molecule has 1 unspecified atom stereocenters. The van der Waals surface area contributed by atoms with Crippen molar-refractivity contribution < 1.29 is 4.74 Å². The Hall–Kier alpha value is -1.32. The molecule has 118 valence electrons. The summed E-state index contributed by atoms with van der Waals surface area (Å²) in [7, 11) is 0. The third kappa shape index (κ3) is 4.87. The second kappa shape index (κ2) is 8.20. The fourth-order valence-corrected chi connectivity index (χ4v) is 3.14. The van der Waals surface area contributed by atoms with Gasteiger partial charge in [-0.1, -0.05) is 33.1 Å². The van der Waals surface area contributed by atoms with Crippen LogP contribution in [0.3, 0.4) is 0 Å². The van der Waals surface area contributed by atoms with Crippen LogP contribution in [-0.2, 0) is 0 Å². The SMILES string of the molecule is CCCOc1cc(C)nc(NC(CC)C2CCCCC2)n1. The van der Waals surface area contributed by atoms with Gasteiger partial charge in [0.1, 0.15) is 0 Å². The molecular weight excluding hydrogens is 262 g/mol. The Labute approximate surface area is 128 Å². The maximum absolute atomic E-state index is 5.65. The second-order valence-electron chi connectivity index (χ2n) is 6.08. The number of anilines is 1. The van der Waals surface area contributed by atoms with Crippen LogP contribution in [0.25, 0.3) is 0 Å². The van der Waals surface area contributed by atoms with Crippen LogP contribution in [0.15, 0.2) is 6.07 Å². The Kier molecular flexibility index (Phi) is 6.27. The Bertz CT molecular complexity index is 430. The average Bonchev–Trinajstić information content (AvgIpc) is 2.51. The molecule has 1 N–H and O–H groups in total. The number of aryl methyl sites for hydroxylation is 1. The molecule has 1 aliphatic rings. The minimum atomic E-state index is 0.478. The smallest absolute Gasteiger partial charge is 0.226 e. The highest BCUT2D eigenvalue weighted by molar-refractivity contribution is 5.32. The van der Waals surface area contributed by atoms with Crippen LogP contribution < -0.4 is 10.1 Å². The number of nitrogens with one attached hydrogen (secondary N) is 1. The third-order valence-corrected chi connectivity index (χ3v) is 4.26. The van der Waals surface area contributed by atoms with Crippen molar-refractivity contribution in [3.63, 3.8) is 0 Å². The summed E-state index contributed by atoms with van der Waals surface area (Å²) in [5.41, 5.74) is 0.956. The van der Waals surface area contributed by atoms with E-state index in [2.05, 4.69) is 29.1 Å². The number of aromatic nitrogens is 2. The summed E-state index contributed by atoms with van der Waals surface area (Å²) >= 11 is 0. The molecule has 4 nitrogen and oxygen atoms in total. The fourth-order valence-electron chi connectivity index (χ4n) is 3.14. The number of hydrogen-bond donors (Lipinski definition) is 1. The first kappa shape index (κ1) is 16.1. The van der Waals surface area contributed by atoms with Gasteiger partial charge in [0, 0.05) is 17.8 Å². The van der Waals surface area contributed by atoms with Crippen LogP contribution >= 0.6 is 0 Å². The average molecular weight is 291 g/mol. The van der Waals surface area contributed by atoms with E-state index in [0.29, 0.717) is 18.5 Å². The van der Waals surface area contributed by atoms with Crippen LogP contribution in [0.1, 0.15) is 64.5 Å². The highest BCUT2D eigenvalue weighted by Gasteiger charge is 2.23. The first-order chi connectivity index (χ1) is 10.2. The van der Waals surface area contributed by atoms with Crippen LogP contribution in [-0.4, -0.2) is 22.6 Å². The summed E-state index contributed by atoms with van der Waals surface area (Å²) in [6.45, 7) is 7.04. The summed E-state index contributed by atoms with van der Waals surface area (Å²) in [4.78, 5) is 9.03. The first-order valence-corrected chi connectivity index (χ1v) is 8.48. The highest BCUT2D eigenvalue weighted by atomic mass is 16.5. The molecule has 0 bridgehead atoms. The van der Waals surface area contributed by atoms with E-state index in [-0.39, 0.29) is 0 Å². The highest BCUT2D eigenvalue weighted by Crippen LogP contribution is 2.29. The van der Waals surface area contributed by atoms with Crippen molar-refractivity contribution in [2.45, 2.75) is 71.8 Å². The largest absolute Gasteiger partial charge is 0.478 e. The molecule has 1 atom stereocenters. The molecule has 0 aliphatic heterocycles. The Morgan fingerprint density at radius 1 is 1.24 bits per heavy atom. The van der Waals surface area contributed by atoms with Gasteiger partial charge in [0.2, 0.25) is 11.8 Å². The minimum absolute atomic E-state index is 0.478. The molecule has 0 amide bonds. The van der Waals surface area contributed by atoms with Gasteiger partial charge in [0.25, 0.3) is 0 Å². The van der Waals surface area contributed by atoms with Crippen molar-refractivity contribution in [1.82, 2.24) is 9.97 Å². The quantitative estimate of drug-likeness (QED) is 0.811. The van der Waals surface area contributed by atoms with Gasteiger partial charge in [-0.25, -0.2) is 4.98 Å². The molecule has 0 aromatic carbocycles. The van der Waals surface area contributed by atoms with E-state index >= 15 is 0 Å². The van der Waals surface area contributed by atoms with E-state index in [4.69, 9.17) is 4.74 Å². The molecular formula is C17H29N3O. The molecule has 1 heterocycles. The molecule has 4 heteroatoms. The van der Waals surface area contributed by atoms with Crippen LogP contribution in [0, 0.1) is 12.8 Å². The zero-order valence-electron chi connectivity index (χ0n) is 13.7. The molecule has 21 heavy (non-hydrogen) atoms. The number of hydrogen-bond acceptors (Lipinski definition) is 4. The van der Waals surface area contributed by atoms with Crippen molar-refractivity contribution in [3.8, 4) is 5.88 Å². The van der Waals surface area contributed by atoms with Gasteiger partial charge in [0.05, 0.1) is 6.61 Å². The molecule has 1 saturated carbocycles. The van der Waals surface area contributed by atoms with Gasteiger partial charge in [0.15, 0.2) is 0 Å². The van der Waals surface area contributed by atoms with E-state index in [1.807, 2.05) is 13.0 Å². The van der Waals surface area contributed by atoms with E-state index in [9.17, 15) is 0 Å². The normalized spacial score (nSPS) is 17.5. The second-order valence-corrected chi connectivity index (χ2v) is 6.08. The van der Waals surface area contributed by atoms with Gasteiger partial charge in [-0.15, -0.1) is 0 Å². The first-order valence-electron chi connectivity index (χ1n) is 8.48. The van der Waals surface area contributed by atoms with Crippen molar-refractivity contribution >= 4 is 5.95 Å². The lowest BCUT2D eigenvalue weighted by atomic mass is 9.83. The van der Waals surface area contributed by atoms with E-state index < -0.39 is 0 Å². The van der Waals surface area contributed by atoms with Crippen LogP contribution in [0.4, 0.5) is 5.95 Å². The zero-order chi connectivity index (χ0) is 15.1. The lowest BCUT2D eigenvalue weighted by Crippen LogP contribution is -2.31. The van der Waals surface area contributed by atoms with Crippen LogP contribution in [0.5, 0.6) is 5.88 Å².